The monoisotopic (exact) mass is 409 g/mol. The molecule has 142 valence electrons. The van der Waals surface area contributed by atoms with Gasteiger partial charge in [0.2, 0.25) is 0 Å². The quantitative estimate of drug-likeness (QED) is 0.385. The Kier molecular flexibility index (Phi) is 5.69. The van der Waals surface area contributed by atoms with E-state index in [1.165, 1.54) is 28.0 Å². The van der Waals surface area contributed by atoms with E-state index in [-0.39, 0.29) is 11.7 Å². The molecule has 0 radical (unpaired) electrons. The number of thiocarbonyl (C=S) groups is 1. The summed E-state index contributed by atoms with van der Waals surface area (Å²) in [6.45, 7) is 1.25. The number of H-pyrrole nitrogens is 1. The van der Waals surface area contributed by atoms with Gasteiger partial charge in [0.25, 0.3) is 0 Å². The summed E-state index contributed by atoms with van der Waals surface area (Å²) in [5.74, 6) is -0.0382. The zero-order valence-corrected chi connectivity index (χ0v) is 16.7. The van der Waals surface area contributed by atoms with Crippen LogP contribution in [0.5, 0.6) is 0 Å². The first-order valence-electron chi connectivity index (χ1n) is 9.06. The Labute approximate surface area is 172 Å². The molecule has 0 aliphatic heterocycles. The molecule has 3 N–H and O–H groups in total. The van der Waals surface area contributed by atoms with Crippen LogP contribution in [0.3, 0.4) is 0 Å². The van der Waals surface area contributed by atoms with Gasteiger partial charge >= 0.3 is 0 Å². The van der Waals surface area contributed by atoms with Crippen molar-refractivity contribution in [3.05, 3.63) is 94.1 Å². The third kappa shape index (κ3) is 4.24. The van der Waals surface area contributed by atoms with Crippen LogP contribution in [-0.2, 0) is 6.54 Å². The number of fused-ring (bicyclic) bond motifs is 1. The normalized spacial score (nSPS) is 12.0. The number of hydrogen-bond donors (Lipinski definition) is 3. The molecule has 3 nitrogen and oxygen atoms in total. The van der Waals surface area contributed by atoms with E-state index in [1.54, 1.807) is 23.5 Å². The summed E-state index contributed by atoms with van der Waals surface area (Å²) in [6.07, 6.45) is 2.09. The van der Waals surface area contributed by atoms with Crippen LogP contribution in [0.15, 0.2) is 72.2 Å². The Morgan fingerprint density at radius 1 is 1.04 bits per heavy atom. The van der Waals surface area contributed by atoms with E-state index in [4.69, 9.17) is 12.2 Å². The van der Waals surface area contributed by atoms with Crippen LogP contribution < -0.4 is 10.6 Å². The number of aromatic nitrogens is 1. The average Bonchev–Trinajstić information content (AvgIpc) is 3.39. The summed E-state index contributed by atoms with van der Waals surface area (Å²) < 4.78 is 13.0. The molecule has 4 rings (SSSR count). The van der Waals surface area contributed by atoms with Crippen molar-refractivity contribution in [2.24, 2.45) is 0 Å². The zero-order valence-electron chi connectivity index (χ0n) is 15.1. The molecule has 4 aromatic rings. The fourth-order valence-corrected chi connectivity index (χ4v) is 4.28. The molecule has 28 heavy (non-hydrogen) atoms. The SMILES string of the molecule is Fc1ccc(CNC(=S)NCC(c2cccs2)c2c[nH]c3ccccc23)cc1. The maximum absolute atomic E-state index is 13.0. The largest absolute Gasteiger partial charge is 0.362 e. The van der Waals surface area contributed by atoms with Gasteiger partial charge in [-0.3, -0.25) is 0 Å². The molecule has 0 spiro atoms. The van der Waals surface area contributed by atoms with Crippen molar-refractivity contribution in [3.8, 4) is 0 Å². The first-order valence-corrected chi connectivity index (χ1v) is 10.3. The lowest BCUT2D eigenvalue weighted by molar-refractivity contribution is 0.626. The molecule has 1 unspecified atom stereocenters. The molecule has 0 aliphatic rings. The summed E-state index contributed by atoms with van der Waals surface area (Å²) in [6, 6.07) is 19.0. The van der Waals surface area contributed by atoms with Crippen molar-refractivity contribution >= 4 is 39.6 Å². The van der Waals surface area contributed by atoms with Crippen molar-refractivity contribution in [1.82, 2.24) is 15.6 Å². The molecule has 0 fully saturated rings. The number of aromatic amines is 1. The van der Waals surface area contributed by atoms with Crippen molar-refractivity contribution in [2.45, 2.75) is 12.5 Å². The van der Waals surface area contributed by atoms with Crippen LogP contribution in [0.2, 0.25) is 0 Å². The number of halogens is 1. The van der Waals surface area contributed by atoms with Crippen LogP contribution in [0.4, 0.5) is 4.39 Å². The zero-order chi connectivity index (χ0) is 19.3. The summed E-state index contributed by atoms with van der Waals surface area (Å²) in [7, 11) is 0. The standard InChI is InChI=1S/C22H20FN3S2/c23-16-9-7-15(8-10-16)12-25-22(27)26-14-19(21-6-3-11-28-21)18-13-24-20-5-2-1-4-17(18)20/h1-11,13,19,24H,12,14H2,(H2,25,26,27). The van der Waals surface area contributed by atoms with Gasteiger partial charge in [0.15, 0.2) is 5.11 Å². The highest BCUT2D eigenvalue weighted by Crippen LogP contribution is 2.32. The van der Waals surface area contributed by atoms with Gasteiger partial charge in [-0.05, 0) is 53.0 Å². The Hall–Kier alpha value is -2.70. The molecule has 1 atom stereocenters. The second-order valence-corrected chi connectivity index (χ2v) is 7.94. The van der Waals surface area contributed by atoms with Crippen LogP contribution in [0.25, 0.3) is 10.9 Å². The first-order chi connectivity index (χ1) is 13.7. The van der Waals surface area contributed by atoms with Crippen molar-refractivity contribution in [1.29, 1.82) is 0 Å². The van der Waals surface area contributed by atoms with Gasteiger partial charge in [0.05, 0.1) is 0 Å². The molecule has 2 aromatic heterocycles. The Balaban J connectivity index is 1.45. The Morgan fingerprint density at radius 2 is 1.86 bits per heavy atom. The molecule has 0 amide bonds. The number of thiophene rings is 1. The van der Waals surface area contributed by atoms with E-state index in [2.05, 4.69) is 57.5 Å². The van der Waals surface area contributed by atoms with Gasteiger partial charge in [0.1, 0.15) is 5.82 Å². The van der Waals surface area contributed by atoms with E-state index < -0.39 is 0 Å². The van der Waals surface area contributed by atoms with Crippen LogP contribution in [-0.4, -0.2) is 16.6 Å². The van der Waals surface area contributed by atoms with Gasteiger partial charge in [0, 0.05) is 41.0 Å². The lowest BCUT2D eigenvalue weighted by Gasteiger charge is -2.18. The number of hydrogen-bond acceptors (Lipinski definition) is 2. The van der Waals surface area contributed by atoms with E-state index in [0.29, 0.717) is 18.2 Å². The van der Waals surface area contributed by atoms with E-state index in [1.807, 2.05) is 6.07 Å². The van der Waals surface area contributed by atoms with Gasteiger partial charge < -0.3 is 15.6 Å². The summed E-state index contributed by atoms with van der Waals surface area (Å²) in [5, 5.41) is 10.5. The number of nitrogens with one attached hydrogen (secondary N) is 3. The van der Waals surface area contributed by atoms with Crippen LogP contribution in [0.1, 0.15) is 21.9 Å². The first kappa shape index (κ1) is 18.7. The molecule has 2 heterocycles. The fourth-order valence-electron chi connectivity index (χ4n) is 3.28. The Morgan fingerprint density at radius 3 is 2.64 bits per heavy atom. The summed E-state index contributed by atoms with van der Waals surface area (Å²) in [5.41, 5.74) is 3.37. The molecule has 0 saturated heterocycles. The minimum Gasteiger partial charge on any atom is -0.362 e. The number of para-hydroxylation sites is 1. The molecular formula is C22H20FN3S2. The predicted molar refractivity (Wildman–Crippen MR) is 118 cm³/mol. The van der Waals surface area contributed by atoms with E-state index >= 15 is 0 Å². The van der Waals surface area contributed by atoms with Gasteiger partial charge in [-0.2, -0.15) is 0 Å². The highest BCUT2D eigenvalue weighted by atomic mass is 32.1. The predicted octanol–water partition coefficient (Wildman–Crippen LogP) is 5.16. The second-order valence-electron chi connectivity index (χ2n) is 6.55. The topological polar surface area (TPSA) is 39.8 Å². The maximum atomic E-state index is 13.0. The molecular weight excluding hydrogens is 389 g/mol. The summed E-state index contributed by atoms with van der Waals surface area (Å²) in [4.78, 5) is 4.66. The summed E-state index contributed by atoms with van der Waals surface area (Å²) >= 11 is 7.20. The molecule has 2 aromatic carbocycles. The van der Waals surface area contributed by atoms with E-state index in [9.17, 15) is 4.39 Å². The third-order valence-electron chi connectivity index (χ3n) is 4.72. The van der Waals surface area contributed by atoms with Crippen LogP contribution >= 0.6 is 23.6 Å². The Bertz CT molecular complexity index is 1060. The smallest absolute Gasteiger partial charge is 0.166 e. The molecule has 0 saturated carbocycles. The van der Waals surface area contributed by atoms with Crippen molar-refractivity contribution in [3.63, 3.8) is 0 Å². The molecule has 0 aliphatic carbocycles. The molecule has 0 bridgehead atoms. The average molecular weight is 410 g/mol. The minimum absolute atomic E-state index is 0.196. The lowest BCUT2D eigenvalue weighted by Crippen LogP contribution is -2.37. The van der Waals surface area contributed by atoms with Crippen LogP contribution in [0, 0.1) is 5.82 Å². The number of benzene rings is 2. The fraction of sp³-hybridized carbons (Fsp3) is 0.136. The number of rotatable bonds is 6. The third-order valence-corrected chi connectivity index (χ3v) is 5.99. The maximum Gasteiger partial charge on any atom is 0.166 e. The highest BCUT2D eigenvalue weighted by molar-refractivity contribution is 7.80. The minimum atomic E-state index is -0.234. The van der Waals surface area contributed by atoms with Gasteiger partial charge in [-0.25, -0.2) is 4.39 Å². The highest BCUT2D eigenvalue weighted by Gasteiger charge is 2.19. The van der Waals surface area contributed by atoms with Gasteiger partial charge in [-0.15, -0.1) is 11.3 Å². The molecule has 6 heteroatoms. The van der Waals surface area contributed by atoms with Crippen molar-refractivity contribution < 1.29 is 4.39 Å². The lowest BCUT2D eigenvalue weighted by atomic mass is 9.97. The second kappa shape index (κ2) is 8.54. The van der Waals surface area contributed by atoms with Crippen molar-refractivity contribution in [2.75, 3.05) is 6.54 Å². The van der Waals surface area contributed by atoms with E-state index in [0.717, 1.165) is 11.1 Å². The van der Waals surface area contributed by atoms with Gasteiger partial charge in [-0.1, -0.05) is 36.4 Å².